The average Bonchev–Trinajstić information content (AvgIpc) is 2.19. The maximum absolute atomic E-state index is 10.7. The lowest BCUT2D eigenvalue weighted by atomic mass is 10.1. The van der Waals surface area contributed by atoms with Crippen LogP contribution in [0.2, 0.25) is 0 Å². The number of aryl methyl sites for hydroxylation is 1. The van der Waals surface area contributed by atoms with Crippen LogP contribution >= 0.6 is 0 Å². The van der Waals surface area contributed by atoms with E-state index in [4.69, 9.17) is 5.73 Å². The summed E-state index contributed by atoms with van der Waals surface area (Å²) in [4.78, 5) is 21.0. The summed E-state index contributed by atoms with van der Waals surface area (Å²) >= 11 is 0. The van der Waals surface area contributed by atoms with Crippen molar-refractivity contribution < 1.29 is 9.72 Å². The highest BCUT2D eigenvalue weighted by Gasteiger charge is 2.12. The molecule has 0 aliphatic carbocycles. The first kappa shape index (κ1) is 13.0. The second-order valence-corrected chi connectivity index (χ2v) is 3.97. The molecule has 0 aliphatic rings. The van der Waals surface area contributed by atoms with Gasteiger partial charge in [-0.15, -0.1) is 0 Å². The third kappa shape index (κ3) is 3.75. The molecule has 0 saturated carbocycles. The van der Waals surface area contributed by atoms with Gasteiger partial charge >= 0.3 is 0 Å². The summed E-state index contributed by atoms with van der Waals surface area (Å²) in [5.74, 6) is -0.411. The Labute approximate surface area is 99.0 Å². The van der Waals surface area contributed by atoms with Gasteiger partial charge in [0.15, 0.2) is 0 Å². The lowest BCUT2D eigenvalue weighted by Gasteiger charge is -2.13. The summed E-state index contributed by atoms with van der Waals surface area (Å²) in [5, 5.41) is 13.7. The molecule has 1 unspecified atom stereocenters. The molecule has 0 aliphatic heterocycles. The molecule has 1 rings (SSSR count). The maximum Gasteiger partial charge on any atom is 0.274 e. The van der Waals surface area contributed by atoms with Crippen LogP contribution in [0.25, 0.3) is 0 Å². The summed E-state index contributed by atoms with van der Waals surface area (Å²) in [5.41, 5.74) is 6.33. The topological polar surface area (TPSA) is 98.3 Å². The van der Waals surface area contributed by atoms with Gasteiger partial charge in [-0.3, -0.25) is 14.9 Å². The zero-order chi connectivity index (χ0) is 13.0. The van der Waals surface area contributed by atoms with Crippen LogP contribution < -0.4 is 11.1 Å². The first-order chi connectivity index (χ1) is 7.90. The highest BCUT2D eigenvalue weighted by Crippen LogP contribution is 2.22. The van der Waals surface area contributed by atoms with Gasteiger partial charge in [-0.05, 0) is 19.9 Å². The van der Waals surface area contributed by atoms with Crippen molar-refractivity contribution in [3.05, 3.63) is 33.9 Å². The number of hydrogen-bond acceptors (Lipinski definition) is 4. The molecule has 1 amide bonds. The number of nitro groups is 1. The molecule has 17 heavy (non-hydrogen) atoms. The minimum Gasteiger partial charge on any atom is -0.382 e. The summed E-state index contributed by atoms with van der Waals surface area (Å²) in [7, 11) is 0. The van der Waals surface area contributed by atoms with Gasteiger partial charge in [-0.25, -0.2) is 0 Å². The van der Waals surface area contributed by atoms with Crippen molar-refractivity contribution in [2.45, 2.75) is 26.3 Å². The zero-order valence-electron chi connectivity index (χ0n) is 9.77. The quantitative estimate of drug-likeness (QED) is 0.600. The third-order valence-corrected chi connectivity index (χ3v) is 2.33. The summed E-state index contributed by atoms with van der Waals surface area (Å²) < 4.78 is 0. The summed E-state index contributed by atoms with van der Waals surface area (Å²) in [6, 6.07) is 4.69. The molecular formula is C11H15N3O3. The van der Waals surface area contributed by atoms with Crippen molar-refractivity contribution in [1.82, 2.24) is 0 Å². The van der Waals surface area contributed by atoms with E-state index in [0.717, 1.165) is 0 Å². The van der Waals surface area contributed by atoms with E-state index < -0.39 is 10.8 Å². The number of primary amides is 1. The highest BCUT2D eigenvalue weighted by atomic mass is 16.6. The Morgan fingerprint density at radius 2 is 2.24 bits per heavy atom. The second kappa shape index (κ2) is 5.29. The number of nitro benzene ring substituents is 1. The molecule has 0 saturated heterocycles. The van der Waals surface area contributed by atoms with Crippen LogP contribution in [0.5, 0.6) is 0 Å². The number of nitrogens with two attached hydrogens (primary N) is 1. The van der Waals surface area contributed by atoms with Gasteiger partial charge in [0, 0.05) is 29.8 Å². The molecule has 0 radical (unpaired) electrons. The SMILES string of the molecule is Cc1ccc(NC(C)CC(N)=O)cc1[N+](=O)[O-]. The van der Waals surface area contributed by atoms with E-state index in [0.29, 0.717) is 11.3 Å². The number of nitrogens with one attached hydrogen (secondary N) is 1. The molecule has 0 aromatic heterocycles. The first-order valence-corrected chi connectivity index (χ1v) is 5.20. The normalized spacial score (nSPS) is 11.9. The predicted molar refractivity (Wildman–Crippen MR) is 64.7 cm³/mol. The van der Waals surface area contributed by atoms with E-state index in [1.807, 2.05) is 0 Å². The molecule has 0 bridgehead atoms. The number of carbonyl (C=O) groups is 1. The zero-order valence-corrected chi connectivity index (χ0v) is 9.77. The minimum atomic E-state index is -0.431. The van der Waals surface area contributed by atoms with Gasteiger partial charge < -0.3 is 11.1 Å². The molecule has 3 N–H and O–H groups in total. The minimum absolute atomic E-state index is 0.0567. The lowest BCUT2D eigenvalue weighted by Crippen LogP contribution is -2.24. The van der Waals surface area contributed by atoms with E-state index in [1.165, 1.54) is 6.07 Å². The molecule has 6 heteroatoms. The number of amides is 1. The molecule has 0 spiro atoms. The first-order valence-electron chi connectivity index (χ1n) is 5.20. The Kier molecular flexibility index (Phi) is 4.03. The van der Waals surface area contributed by atoms with Crippen LogP contribution in [0.3, 0.4) is 0 Å². The standard InChI is InChI=1S/C11H15N3O3/c1-7-3-4-9(6-10(7)14(16)17)13-8(2)5-11(12)15/h3-4,6,8,13H,5H2,1-2H3,(H2,12,15). The van der Waals surface area contributed by atoms with Crippen LogP contribution in [-0.2, 0) is 4.79 Å². The fourth-order valence-electron chi connectivity index (χ4n) is 1.53. The molecule has 0 heterocycles. The fourth-order valence-corrected chi connectivity index (χ4v) is 1.53. The van der Waals surface area contributed by atoms with Gasteiger partial charge in [0.1, 0.15) is 0 Å². The van der Waals surface area contributed by atoms with Crippen LogP contribution in [0.15, 0.2) is 18.2 Å². The molecule has 6 nitrogen and oxygen atoms in total. The Bertz CT molecular complexity index is 446. The predicted octanol–water partition coefficient (Wildman–Crippen LogP) is 1.58. The number of carbonyl (C=O) groups excluding carboxylic acids is 1. The van der Waals surface area contributed by atoms with Gasteiger partial charge in [-0.1, -0.05) is 6.07 Å². The Balaban J connectivity index is 2.82. The molecule has 0 fully saturated rings. The molecule has 1 atom stereocenters. The summed E-state index contributed by atoms with van der Waals surface area (Å²) in [6.45, 7) is 3.46. The van der Waals surface area contributed by atoms with Crippen molar-refractivity contribution in [3.63, 3.8) is 0 Å². The van der Waals surface area contributed by atoms with Crippen LogP contribution in [-0.4, -0.2) is 16.9 Å². The van der Waals surface area contributed by atoms with E-state index in [1.54, 1.807) is 26.0 Å². The average molecular weight is 237 g/mol. The Morgan fingerprint density at radius 1 is 1.59 bits per heavy atom. The van der Waals surface area contributed by atoms with Crippen molar-refractivity contribution in [3.8, 4) is 0 Å². The largest absolute Gasteiger partial charge is 0.382 e. The van der Waals surface area contributed by atoms with Crippen molar-refractivity contribution in [2.24, 2.45) is 5.73 Å². The second-order valence-electron chi connectivity index (χ2n) is 3.97. The Hall–Kier alpha value is -2.11. The number of nitrogens with zero attached hydrogens (tertiary/aromatic N) is 1. The van der Waals surface area contributed by atoms with E-state index in [-0.39, 0.29) is 18.2 Å². The third-order valence-electron chi connectivity index (χ3n) is 2.33. The number of anilines is 1. The fraction of sp³-hybridized carbons (Fsp3) is 0.364. The van der Waals surface area contributed by atoms with Gasteiger partial charge in [0.25, 0.3) is 5.69 Å². The van der Waals surface area contributed by atoms with Crippen molar-refractivity contribution in [1.29, 1.82) is 0 Å². The monoisotopic (exact) mass is 237 g/mol. The molecular weight excluding hydrogens is 222 g/mol. The van der Waals surface area contributed by atoms with Crippen molar-refractivity contribution in [2.75, 3.05) is 5.32 Å². The highest BCUT2D eigenvalue weighted by molar-refractivity contribution is 5.75. The van der Waals surface area contributed by atoms with Crippen LogP contribution in [0, 0.1) is 17.0 Å². The number of rotatable bonds is 5. The van der Waals surface area contributed by atoms with Gasteiger partial charge in [0.2, 0.25) is 5.91 Å². The molecule has 1 aromatic carbocycles. The smallest absolute Gasteiger partial charge is 0.274 e. The number of hydrogen-bond donors (Lipinski definition) is 2. The molecule has 92 valence electrons. The lowest BCUT2D eigenvalue weighted by molar-refractivity contribution is -0.385. The van der Waals surface area contributed by atoms with Crippen molar-refractivity contribution >= 4 is 17.3 Å². The maximum atomic E-state index is 10.7. The van der Waals surface area contributed by atoms with Gasteiger partial charge in [-0.2, -0.15) is 0 Å². The van der Waals surface area contributed by atoms with E-state index in [2.05, 4.69) is 5.32 Å². The van der Waals surface area contributed by atoms with Crippen LogP contribution in [0.4, 0.5) is 11.4 Å². The summed E-state index contributed by atoms with van der Waals surface area (Å²) in [6.07, 6.45) is 0.182. The van der Waals surface area contributed by atoms with E-state index in [9.17, 15) is 14.9 Å². The van der Waals surface area contributed by atoms with Crippen LogP contribution in [0.1, 0.15) is 18.9 Å². The van der Waals surface area contributed by atoms with E-state index >= 15 is 0 Å². The Morgan fingerprint density at radius 3 is 2.76 bits per heavy atom. The number of benzene rings is 1. The van der Waals surface area contributed by atoms with Gasteiger partial charge in [0.05, 0.1) is 4.92 Å². The molecule has 1 aromatic rings.